The number of thiocarbonyl (C=S) groups is 1. The number of hydrogen-bond acceptors (Lipinski definition) is 2. The maximum atomic E-state index is 4.53. The molecular weight excluding hydrogens is 166 g/mol. The van der Waals surface area contributed by atoms with E-state index < -0.39 is 0 Å². The van der Waals surface area contributed by atoms with Crippen LogP contribution in [-0.4, -0.2) is 23.0 Å². The van der Waals surface area contributed by atoms with Crippen molar-refractivity contribution in [3.05, 3.63) is 6.08 Å². The lowest BCUT2D eigenvalue weighted by Crippen LogP contribution is -2.15. The molecule has 0 aromatic rings. The normalized spacial score (nSPS) is 7.83. The fourth-order valence-corrected chi connectivity index (χ4v) is 0.871. The Kier molecular flexibility index (Phi) is 7.79. The molecule has 0 saturated carbocycles. The zero-order chi connectivity index (χ0) is 9.23. The largest absolute Gasteiger partial charge is 0.333 e. The Labute approximate surface area is 80.5 Å². The van der Waals surface area contributed by atoms with Gasteiger partial charge >= 0.3 is 0 Å². The van der Waals surface area contributed by atoms with E-state index in [0.717, 1.165) is 25.9 Å². The Hall–Kier alpha value is -0.770. The number of nitrogens with zero attached hydrogens (tertiary/aromatic N) is 1. The molecule has 0 aliphatic heterocycles. The average Bonchev–Trinajstić information content (AvgIpc) is 2.11. The SMILES string of the molecule is CCN(C#CCCC=C=S)CC. The van der Waals surface area contributed by atoms with Gasteiger partial charge in [-0.1, -0.05) is 10.9 Å². The standard InChI is InChI=1S/C10H15NS/c1-3-11(4-2)9-7-5-6-8-10-12/h8H,3-6H2,1-2H3. The summed E-state index contributed by atoms with van der Waals surface area (Å²) in [4.78, 5) is 2.08. The van der Waals surface area contributed by atoms with E-state index in [1.807, 2.05) is 6.08 Å². The third kappa shape index (κ3) is 5.97. The molecule has 0 atom stereocenters. The van der Waals surface area contributed by atoms with E-state index in [4.69, 9.17) is 0 Å². The van der Waals surface area contributed by atoms with Crippen molar-refractivity contribution < 1.29 is 0 Å². The molecule has 0 fully saturated rings. The first-order valence-corrected chi connectivity index (χ1v) is 4.68. The smallest absolute Gasteiger partial charge is 0.0232 e. The molecule has 0 aromatic heterocycles. The summed E-state index contributed by atoms with van der Waals surface area (Å²) in [5, 5.41) is 2.56. The van der Waals surface area contributed by atoms with Gasteiger partial charge in [-0.15, -0.1) is 0 Å². The van der Waals surface area contributed by atoms with Gasteiger partial charge in [-0.2, -0.15) is 0 Å². The summed E-state index contributed by atoms with van der Waals surface area (Å²) in [6.07, 6.45) is 3.63. The average molecular weight is 181 g/mol. The highest BCUT2D eigenvalue weighted by Gasteiger charge is 1.86. The molecule has 0 amide bonds. The fourth-order valence-electron chi connectivity index (χ4n) is 0.753. The van der Waals surface area contributed by atoms with Crippen LogP contribution in [0, 0.1) is 12.0 Å². The predicted octanol–water partition coefficient (Wildman–Crippen LogP) is 2.22. The van der Waals surface area contributed by atoms with Gasteiger partial charge in [0, 0.05) is 25.6 Å². The maximum absolute atomic E-state index is 4.53. The second kappa shape index (κ2) is 8.33. The van der Waals surface area contributed by atoms with Crippen LogP contribution in [0.5, 0.6) is 0 Å². The zero-order valence-corrected chi connectivity index (χ0v) is 8.58. The molecule has 0 unspecified atom stereocenters. The maximum Gasteiger partial charge on any atom is 0.0232 e. The van der Waals surface area contributed by atoms with Crippen molar-refractivity contribution in [3.63, 3.8) is 0 Å². The van der Waals surface area contributed by atoms with Crippen LogP contribution in [0.2, 0.25) is 0 Å². The Bertz CT molecular complexity index is 202. The second-order valence-electron chi connectivity index (χ2n) is 2.32. The van der Waals surface area contributed by atoms with Gasteiger partial charge in [-0.05, 0) is 38.6 Å². The van der Waals surface area contributed by atoms with Crippen LogP contribution in [0.25, 0.3) is 0 Å². The fraction of sp³-hybridized carbons (Fsp3) is 0.600. The van der Waals surface area contributed by atoms with E-state index in [2.05, 4.69) is 48.0 Å². The number of hydrogen-bond donors (Lipinski definition) is 0. The van der Waals surface area contributed by atoms with Gasteiger partial charge in [0.25, 0.3) is 0 Å². The molecule has 0 N–H and O–H groups in total. The topological polar surface area (TPSA) is 3.24 Å². The highest BCUT2D eigenvalue weighted by molar-refractivity contribution is 7.78. The van der Waals surface area contributed by atoms with Crippen molar-refractivity contribution in [1.29, 1.82) is 0 Å². The molecule has 0 aromatic carbocycles. The zero-order valence-electron chi connectivity index (χ0n) is 7.76. The molecule has 0 rings (SSSR count). The van der Waals surface area contributed by atoms with Crippen LogP contribution < -0.4 is 0 Å². The van der Waals surface area contributed by atoms with Crippen LogP contribution in [0.3, 0.4) is 0 Å². The summed E-state index contributed by atoms with van der Waals surface area (Å²) < 4.78 is 0. The van der Waals surface area contributed by atoms with Crippen LogP contribution in [-0.2, 0) is 0 Å². The van der Waals surface area contributed by atoms with Gasteiger partial charge in [0.05, 0.1) is 0 Å². The second-order valence-corrected chi connectivity index (χ2v) is 2.56. The van der Waals surface area contributed by atoms with Gasteiger partial charge in [-0.25, -0.2) is 0 Å². The Morgan fingerprint density at radius 1 is 1.33 bits per heavy atom. The van der Waals surface area contributed by atoms with Crippen molar-refractivity contribution in [3.8, 4) is 12.0 Å². The van der Waals surface area contributed by atoms with E-state index in [0.29, 0.717) is 0 Å². The lowest BCUT2D eigenvalue weighted by atomic mass is 10.3. The third-order valence-electron chi connectivity index (χ3n) is 1.50. The first-order valence-electron chi connectivity index (χ1n) is 4.27. The number of unbranched alkanes of at least 4 members (excludes halogenated alkanes) is 1. The van der Waals surface area contributed by atoms with E-state index in [1.54, 1.807) is 0 Å². The van der Waals surface area contributed by atoms with Crippen LogP contribution in [0.1, 0.15) is 26.7 Å². The summed E-state index contributed by atoms with van der Waals surface area (Å²) in [5.41, 5.74) is 0. The van der Waals surface area contributed by atoms with Gasteiger partial charge < -0.3 is 4.90 Å². The van der Waals surface area contributed by atoms with Crippen molar-refractivity contribution in [1.82, 2.24) is 4.90 Å². The highest BCUT2D eigenvalue weighted by Crippen LogP contribution is 1.87. The molecule has 12 heavy (non-hydrogen) atoms. The van der Waals surface area contributed by atoms with Crippen molar-refractivity contribution in [2.45, 2.75) is 26.7 Å². The molecule has 0 saturated heterocycles. The van der Waals surface area contributed by atoms with E-state index in [-0.39, 0.29) is 0 Å². The van der Waals surface area contributed by atoms with E-state index in [1.165, 1.54) is 0 Å². The lowest BCUT2D eigenvalue weighted by Gasteiger charge is -2.10. The molecule has 0 heterocycles. The molecule has 0 aliphatic rings. The van der Waals surface area contributed by atoms with Gasteiger partial charge in [0.1, 0.15) is 0 Å². The summed E-state index contributed by atoms with van der Waals surface area (Å²) >= 11 is 4.53. The number of rotatable bonds is 4. The predicted molar refractivity (Wildman–Crippen MR) is 57.1 cm³/mol. The Balaban J connectivity index is 3.62. The monoisotopic (exact) mass is 181 g/mol. The minimum Gasteiger partial charge on any atom is -0.333 e. The molecular formula is C10H15NS. The van der Waals surface area contributed by atoms with Crippen LogP contribution in [0.4, 0.5) is 0 Å². The quantitative estimate of drug-likeness (QED) is 0.283. The molecule has 0 spiro atoms. The molecule has 2 heteroatoms. The van der Waals surface area contributed by atoms with Crippen LogP contribution in [0.15, 0.2) is 6.08 Å². The molecule has 0 aliphatic carbocycles. The summed E-state index contributed by atoms with van der Waals surface area (Å²) in [7, 11) is 0. The van der Waals surface area contributed by atoms with Crippen molar-refractivity contribution in [2.75, 3.05) is 13.1 Å². The van der Waals surface area contributed by atoms with Crippen molar-refractivity contribution >= 4 is 17.2 Å². The Morgan fingerprint density at radius 2 is 2.00 bits per heavy atom. The first kappa shape index (κ1) is 11.2. The Morgan fingerprint density at radius 3 is 2.50 bits per heavy atom. The third-order valence-corrected chi connectivity index (χ3v) is 1.66. The molecule has 1 nitrogen and oxygen atoms in total. The molecule has 0 bridgehead atoms. The highest BCUT2D eigenvalue weighted by atomic mass is 32.1. The number of allylic oxidation sites excluding steroid dienone is 1. The summed E-state index contributed by atoms with van der Waals surface area (Å²) in [5.74, 6) is 3.08. The lowest BCUT2D eigenvalue weighted by molar-refractivity contribution is 0.443. The minimum absolute atomic E-state index is 0.875. The van der Waals surface area contributed by atoms with Gasteiger partial charge in [0.15, 0.2) is 0 Å². The molecule has 0 radical (unpaired) electrons. The first-order chi connectivity index (χ1) is 5.85. The summed E-state index contributed by atoms with van der Waals surface area (Å²) in [6, 6.07) is 3.08. The summed E-state index contributed by atoms with van der Waals surface area (Å²) in [6.45, 7) is 6.20. The van der Waals surface area contributed by atoms with Crippen LogP contribution >= 0.6 is 12.2 Å². The van der Waals surface area contributed by atoms with Crippen molar-refractivity contribution in [2.24, 2.45) is 0 Å². The van der Waals surface area contributed by atoms with E-state index in [9.17, 15) is 0 Å². The van der Waals surface area contributed by atoms with Gasteiger partial charge in [0.2, 0.25) is 0 Å². The van der Waals surface area contributed by atoms with E-state index >= 15 is 0 Å². The minimum atomic E-state index is 0.875. The van der Waals surface area contributed by atoms with Gasteiger partial charge in [-0.3, -0.25) is 0 Å². The molecule has 66 valence electrons.